The number of aromatic nitrogens is 2. The molecule has 0 saturated heterocycles. The quantitative estimate of drug-likeness (QED) is 0.731. The lowest BCUT2D eigenvalue weighted by Crippen LogP contribution is -2.27. The van der Waals surface area contributed by atoms with E-state index in [1.807, 2.05) is 11.9 Å². The van der Waals surface area contributed by atoms with Gasteiger partial charge >= 0.3 is 5.97 Å². The van der Waals surface area contributed by atoms with Crippen LogP contribution >= 0.6 is 0 Å². The van der Waals surface area contributed by atoms with E-state index in [4.69, 9.17) is 4.74 Å². The number of carbonyl (C=O) groups is 1. The van der Waals surface area contributed by atoms with Crippen LogP contribution in [0.25, 0.3) is 0 Å². The molecule has 0 aliphatic carbocycles. The number of nitrogens with zero attached hydrogens (tertiary/aromatic N) is 2. The molecule has 0 radical (unpaired) electrons. The number of methoxy groups -OCH3 is 1. The summed E-state index contributed by atoms with van der Waals surface area (Å²) in [5, 5.41) is 0. The van der Waals surface area contributed by atoms with Crippen molar-refractivity contribution in [2.45, 2.75) is 19.8 Å². The van der Waals surface area contributed by atoms with Gasteiger partial charge in [0.05, 0.1) is 18.4 Å². The van der Waals surface area contributed by atoms with Crippen LogP contribution in [0.3, 0.4) is 0 Å². The highest BCUT2D eigenvalue weighted by Crippen LogP contribution is 2.14. The molecule has 0 fully saturated rings. The molecule has 6 heteroatoms. The van der Waals surface area contributed by atoms with Gasteiger partial charge in [0.1, 0.15) is 5.82 Å². The van der Waals surface area contributed by atoms with E-state index in [9.17, 15) is 9.59 Å². The first-order valence-electron chi connectivity index (χ1n) is 6.09. The maximum Gasteiger partial charge on any atom is 0.335 e. The molecule has 1 aromatic rings. The number of likely N-dealkylation sites (N-methyl/N-ethyl adjacent to an activating group) is 1. The van der Waals surface area contributed by atoms with E-state index >= 15 is 0 Å². The molecule has 19 heavy (non-hydrogen) atoms. The van der Waals surface area contributed by atoms with Crippen LogP contribution in [0.1, 0.15) is 17.1 Å². The Morgan fingerprint density at radius 1 is 1.53 bits per heavy atom. The highest BCUT2D eigenvalue weighted by molar-refractivity contribution is 5.88. The van der Waals surface area contributed by atoms with Crippen molar-refractivity contribution in [2.24, 2.45) is 0 Å². The van der Waals surface area contributed by atoms with Crippen LogP contribution in [0.2, 0.25) is 0 Å². The summed E-state index contributed by atoms with van der Waals surface area (Å²) in [4.78, 5) is 32.7. The van der Waals surface area contributed by atoms with E-state index in [0.29, 0.717) is 29.9 Å². The molecular formula is C13H17N3O3. The smallest absolute Gasteiger partial charge is 0.335 e. The summed E-state index contributed by atoms with van der Waals surface area (Å²) < 4.78 is 4.75. The van der Waals surface area contributed by atoms with Crippen molar-refractivity contribution >= 4 is 5.97 Å². The molecule has 2 rings (SSSR count). The van der Waals surface area contributed by atoms with Gasteiger partial charge in [-0.15, -0.1) is 0 Å². The maximum absolute atomic E-state index is 12.0. The molecule has 102 valence electrons. The van der Waals surface area contributed by atoms with E-state index < -0.39 is 5.97 Å². The lowest BCUT2D eigenvalue weighted by atomic mass is 10.0. The van der Waals surface area contributed by atoms with Gasteiger partial charge in [0.15, 0.2) is 0 Å². The molecule has 1 aliphatic rings. The first-order valence-corrected chi connectivity index (χ1v) is 6.09. The van der Waals surface area contributed by atoms with Crippen molar-refractivity contribution in [2.75, 3.05) is 20.7 Å². The normalized spacial score (nSPS) is 17.8. The number of fused-ring (bicyclic) bond motifs is 1. The average Bonchev–Trinajstić information content (AvgIpc) is 2.35. The monoisotopic (exact) mass is 263 g/mol. The Morgan fingerprint density at radius 3 is 2.95 bits per heavy atom. The Labute approximate surface area is 111 Å². The number of hydrogen-bond acceptors (Lipinski definition) is 5. The third kappa shape index (κ3) is 2.83. The predicted molar refractivity (Wildman–Crippen MR) is 69.7 cm³/mol. The number of H-pyrrole nitrogens is 1. The summed E-state index contributed by atoms with van der Waals surface area (Å²) in [7, 11) is 3.22. The Bertz CT molecular complexity index is 589. The van der Waals surface area contributed by atoms with Crippen LogP contribution in [-0.4, -0.2) is 41.5 Å². The van der Waals surface area contributed by atoms with Gasteiger partial charge in [-0.25, -0.2) is 9.78 Å². The molecule has 1 N–H and O–H groups in total. The highest BCUT2D eigenvalue weighted by Gasteiger charge is 2.20. The van der Waals surface area contributed by atoms with Gasteiger partial charge in [0, 0.05) is 38.2 Å². The summed E-state index contributed by atoms with van der Waals surface area (Å²) in [5.41, 5.74) is 1.59. The molecule has 0 aromatic carbocycles. The molecule has 0 atom stereocenters. The minimum absolute atomic E-state index is 0.179. The van der Waals surface area contributed by atoms with Crippen LogP contribution in [-0.2, 0) is 22.4 Å². The summed E-state index contributed by atoms with van der Waals surface area (Å²) in [5.74, 6) is 0.176. The van der Waals surface area contributed by atoms with Gasteiger partial charge < -0.3 is 14.6 Å². The molecule has 0 saturated carbocycles. The van der Waals surface area contributed by atoms with Crippen molar-refractivity contribution in [3.8, 4) is 0 Å². The zero-order valence-corrected chi connectivity index (χ0v) is 11.3. The fourth-order valence-electron chi connectivity index (χ4n) is 2.16. The van der Waals surface area contributed by atoms with Crippen molar-refractivity contribution in [1.29, 1.82) is 0 Å². The highest BCUT2D eigenvalue weighted by atomic mass is 16.5. The predicted octanol–water partition coefficient (Wildman–Crippen LogP) is 0.166. The largest absolute Gasteiger partial charge is 0.466 e. The molecule has 1 aromatic heterocycles. The number of aromatic amines is 1. The summed E-state index contributed by atoms with van der Waals surface area (Å²) in [6.07, 6.45) is 2.66. The van der Waals surface area contributed by atoms with E-state index in [0.717, 1.165) is 5.69 Å². The van der Waals surface area contributed by atoms with Crippen molar-refractivity contribution in [1.82, 2.24) is 14.9 Å². The second-order valence-electron chi connectivity index (χ2n) is 4.63. The van der Waals surface area contributed by atoms with E-state index in [1.165, 1.54) is 7.11 Å². The van der Waals surface area contributed by atoms with Crippen molar-refractivity contribution in [3.05, 3.63) is 39.2 Å². The van der Waals surface area contributed by atoms with Crippen LogP contribution in [0.4, 0.5) is 0 Å². The molecule has 0 bridgehead atoms. The number of ether oxygens (including phenoxy) is 1. The van der Waals surface area contributed by atoms with Gasteiger partial charge in [0.2, 0.25) is 0 Å². The van der Waals surface area contributed by atoms with E-state index in [1.54, 1.807) is 13.1 Å². The van der Waals surface area contributed by atoms with Crippen molar-refractivity contribution in [3.63, 3.8) is 0 Å². The van der Waals surface area contributed by atoms with Crippen LogP contribution in [0, 0.1) is 6.92 Å². The van der Waals surface area contributed by atoms with Gasteiger partial charge in [0.25, 0.3) is 5.56 Å². The van der Waals surface area contributed by atoms with Crippen LogP contribution < -0.4 is 5.56 Å². The Morgan fingerprint density at radius 2 is 2.26 bits per heavy atom. The molecule has 0 amide bonds. The molecule has 2 heterocycles. The first kappa shape index (κ1) is 13.3. The van der Waals surface area contributed by atoms with Crippen LogP contribution in [0.5, 0.6) is 0 Å². The SMILES string of the molecule is COC(=O)/C1=C/N(C)CCc2nc(C)[nH]c(=O)c2C1. The van der Waals surface area contributed by atoms with E-state index in [-0.39, 0.29) is 12.0 Å². The zero-order chi connectivity index (χ0) is 14.0. The Hall–Kier alpha value is -2.11. The number of aryl methyl sites for hydroxylation is 1. The number of esters is 1. The molecule has 0 unspecified atom stereocenters. The van der Waals surface area contributed by atoms with Crippen molar-refractivity contribution < 1.29 is 9.53 Å². The average molecular weight is 263 g/mol. The van der Waals surface area contributed by atoms with Gasteiger partial charge in [-0.2, -0.15) is 0 Å². The third-order valence-electron chi connectivity index (χ3n) is 3.11. The van der Waals surface area contributed by atoms with Gasteiger partial charge in [-0.3, -0.25) is 4.79 Å². The van der Waals surface area contributed by atoms with E-state index in [2.05, 4.69) is 9.97 Å². The minimum Gasteiger partial charge on any atom is -0.466 e. The summed E-state index contributed by atoms with van der Waals surface area (Å²) in [6.45, 7) is 2.45. The summed E-state index contributed by atoms with van der Waals surface area (Å²) >= 11 is 0. The second-order valence-corrected chi connectivity index (χ2v) is 4.63. The maximum atomic E-state index is 12.0. The first-order chi connectivity index (χ1) is 9.01. The minimum atomic E-state index is -0.417. The van der Waals surface area contributed by atoms with Crippen LogP contribution in [0.15, 0.2) is 16.6 Å². The molecule has 1 aliphatic heterocycles. The molecule has 6 nitrogen and oxygen atoms in total. The lowest BCUT2D eigenvalue weighted by Gasteiger charge is -2.20. The fraction of sp³-hybridized carbons (Fsp3) is 0.462. The molecule has 0 spiro atoms. The fourth-order valence-corrected chi connectivity index (χ4v) is 2.16. The zero-order valence-electron chi connectivity index (χ0n) is 11.3. The lowest BCUT2D eigenvalue weighted by molar-refractivity contribution is -0.136. The summed E-state index contributed by atoms with van der Waals surface area (Å²) in [6, 6.07) is 0. The second kappa shape index (κ2) is 5.26. The van der Waals surface area contributed by atoms with Gasteiger partial charge in [-0.05, 0) is 6.92 Å². The number of hydrogen-bond donors (Lipinski definition) is 1. The number of nitrogens with one attached hydrogen (secondary N) is 1. The standard InChI is InChI=1S/C13H17N3O3/c1-8-14-11-4-5-16(2)7-9(13(18)19-3)6-10(11)12(17)15-8/h7H,4-6H2,1-3H3,(H,14,15,17)/b9-7+. The third-order valence-corrected chi connectivity index (χ3v) is 3.11. The topological polar surface area (TPSA) is 75.3 Å². The number of carbonyl (C=O) groups excluding carboxylic acids is 1. The molecular weight excluding hydrogens is 246 g/mol. The Balaban J connectivity index is 2.49. The Kier molecular flexibility index (Phi) is 3.69. The number of rotatable bonds is 1. The van der Waals surface area contributed by atoms with Gasteiger partial charge in [-0.1, -0.05) is 0 Å².